The Bertz CT molecular complexity index is 720. The molecule has 2 aromatic rings. The summed E-state index contributed by atoms with van der Waals surface area (Å²) in [4.78, 5) is 30.6. The van der Waals surface area contributed by atoms with Gasteiger partial charge in [0.15, 0.2) is 0 Å². The second kappa shape index (κ2) is 6.77. The Morgan fingerprint density at radius 1 is 1.13 bits per heavy atom. The molecule has 0 aliphatic rings. The summed E-state index contributed by atoms with van der Waals surface area (Å²) >= 11 is 0. The first-order valence-electron chi connectivity index (χ1n) is 7.76. The van der Waals surface area contributed by atoms with Crippen molar-refractivity contribution in [3.05, 3.63) is 42.1 Å². The van der Waals surface area contributed by atoms with Gasteiger partial charge in [-0.15, -0.1) is 0 Å². The van der Waals surface area contributed by atoms with E-state index in [0.29, 0.717) is 12.2 Å². The Morgan fingerprint density at radius 2 is 1.83 bits per heavy atom. The van der Waals surface area contributed by atoms with E-state index in [1.54, 1.807) is 6.07 Å². The fourth-order valence-electron chi connectivity index (χ4n) is 2.31. The van der Waals surface area contributed by atoms with E-state index >= 15 is 0 Å². The monoisotopic (exact) mass is 313 g/mol. The number of rotatable bonds is 4. The summed E-state index contributed by atoms with van der Waals surface area (Å²) in [5.41, 5.74) is 0.809. The lowest BCUT2D eigenvalue weighted by molar-refractivity contribution is -0.123. The molecular formula is C18H23N3O2. The fourth-order valence-corrected chi connectivity index (χ4v) is 2.31. The van der Waals surface area contributed by atoms with Gasteiger partial charge in [-0.25, -0.2) is 4.98 Å². The lowest BCUT2D eigenvalue weighted by Crippen LogP contribution is -2.47. The molecule has 5 heteroatoms. The minimum absolute atomic E-state index is 0.0289. The zero-order valence-corrected chi connectivity index (χ0v) is 14.1. The molecule has 0 unspecified atom stereocenters. The third-order valence-electron chi connectivity index (χ3n) is 3.34. The summed E-state index contributed by atoms with van der Waals surface area (Å²) in [7, 11) is 0. The van der Waals surface area contributed by atoms with Crippen LogP contribution in [0.25, 0.3) is 10.9 Å². The third kappa shape index (κ3) is 4.52. The molecule has 1 aromatic heterocycles. The number of fused-ring (bicyclic) bond motifs is 1. The van der Waals surface area contributed by atoms with Crippen LogP contribution in [0.4, 0.5) is 0 Å². The van der Waals surface area contributed by atoms with Crippen LogP contribution in [0.3, 0.4) is 0 Å². The minimum atomic E-state index is -0.319. The maximum Gasteiger partial charge on any atom is 0.272 e. The number of aromatic nitrogens is 1. The molecule has 0 fully saturated rings. The van der Waals surface area contributed by atoms with Gasteiger partial charge in [0, 0.05) is 17.5 Å². The molecule has 2 amide bonds. The van der Waals surface area contributed by atoms with Crippen LogP contribution in [0, 0.1) is 0 Å². The average molecular weight is 313 g/mol. The molecule has 0 aliphatic carbocycles. The Labute approximate surface area is 136 Å². The van der Waals surface area contributed by atoms with Gasteiger partial charge < -0.3 is 10.2 Å². The fraction of sp³-hybridized carbons (Fsp3) is 0.389. The predicted molar refractivity (Wildman–Crippen MR) is 91.2 cm³/mol. The second-order valence-electron chi connectivity index (χ2n) is 6.51. The number of hydrogen-bond donors (Lipinski definition) is 1. The van der Waals surface area contributed by atoms with Gasteiger partial charge in [0.1, 0.15) is 5.69 Å². The van der Waals surface area contributed by atoms with Crippen LogP contribution in [0.2, 0.25) is 0 Å². The van der Waals surface area contributed by atoms with Gasteiger partial charge in [-0.3, -0.25) is 9.59 Å². The number of likely N-dealkylation sites (N-methyl/N-ethyl adjacent to an activating group) is 1. The van der Waals surface area contributed by atoms with Crippen LogP contribution in [-0.4, -0.2) is 40.3 Å². The SMILES string of the molecule is CCN(CC(=O)NC(C)(C)C)C(=O)c1ccc2ccccc2n1. The first-order chi connectivity index (χ1) is 10.8. The summed E-state index contributed by atoms with van der Waals surface area (Å²) < 4.78 is 0. The molecule has 0 bridgehead atoms. The molecular weight excluding hydrogens is 290 g/mol. The quantitative estimate of drug-likeness (QED) is 0.944. The molecule has 1 heterocycles. The number of carbonyl (C=O) groups excluding carboxylic acids is 2. The summed E-state index contributed by atoms with van der Waals surface area (Å²) in [5, 5.41) is 3.85. The zero-order chi connectivity index (χ0) is 17.0. The van der Waals surface area contributed by atoms with Crippen LogP contribution in [0.1, 0.15) is 38.2 Å². The molecule has 0 saturated heterocycles. The van der Waals surface area contributed by atoms with Crippen LogP contribution < -0.4 is 5.32 Å². The van der Waals surface area contributed by atoms with Gasteiger partial charge in [0.25, 0.3) is 5.91 Å². The average Bonchev–Trinajstić information content (AvgIpc) is 2.49. The molecule has 1 N–H and O–H groups in total. The molecule has 2 rings (SSSR count). The number of nitrogens with zero attached hydrogens (tertiary/aromatic N) is 2. The Balaban J connectivity index is 2.16. The normalized spacial score (nSPS) is 11.3. The highest BCUT2D eigenvalue weighted by Crippen LogP contribution is 2.13. The van der Waals surface area contributed by atoms with E-state index in [1.165, 1.54) is 4.90 Å². The van der Waals surface area contributed by atoms with Crippen molar-refractivity contribution < 1.29 is 9.59 Å². The van der Waals surface area contributed by atoms with E-state index in [4.69, 9.17) is 0 Å². The van der Waals surface area contributed by atoms with Crippen molar-refractivity contribution in [2.75, 3.05) is 13.1 Å². The Hall–Kier alpha value is -2.43. The first kappa shape index (κ1) is 16.9. The summed E-state index contributed by atoms with van der Waals surface area (Å²) in [5.74, 6) is -0.407. The van der Waals surface area contributed by atoms with Crippen molar-refractivity contribution in [3.8, 4) is 0 Å². The second-order valence-corrected chi connectivity index (χ2v) is 6.51. The topological polar surface area (TPSA) is 62.3 Å². The maximum absolute atomic E-state index is 12.6. The highest BCUT2D eigenvalue weighted by molar-refractivity contribution is 5.96. The predicted octanol–water partition coefficient (Wildman–Crippen LogP) is 2.61. The highest BCUT2D eigenvalue weighted by atomic mass is 16.2. The van der Waals surface area contributed by atoms with Crippen molar-refractivity contribution in [3.63, 3.8) is 0 Å². The lowest BCUT2D eigenvalue weighted by Gasteiger charge is -2.24. The van der Waals surface area contributed by atoms with Gasteiger partial charge in [-0.05, 0) is 39.8 Å². The van der Waals surface area contributed by atoms with E-state index in [0.717, 1.165) is 10.9 Å². The lowest BCUT2D eigenvalue weighted by atomic mass is 10.1. The van der Waals surface area contributed by atoms with E-state index in [9.17, 15) is 9.59 Å². The zero-order valence-electron chi connectivity index (χ0n) is 14.1. The van der Waals surface area contributed by atoms with Gasteiger partial charge >= 0.3 is 0 Å². The van der Waals surface area contributed by atoms with Crippen LogP contribution in [-0.2, 0) is 4.79 Å². The van der Waals surface area contributed by atoms with Crippen molar-refractivity contribution >= 4 is 22.7 Å². The summed E-state index contributed by atoms with van der Waals surface area (Å²) in [6.45, 7) is 8.06. The molecule has 5 nitrogen and oxygen atoms in total. The van der Waals surface area contributed by atoms with Crippen molar-refractivity contribution in [2.45, 2.75) is 33.2 Å². The molecule has 1 aromatic carbocycles. The third-order valence-corrected chi connectivity index (χ3v) is 3.34. The van der Waals surface area contributed by atoms with Crippen molar-refractivity contribution in [2.24, 2.45) is 0 Å². The molecule has 23 heavy (non-hydrogen) atoms. The van der Waals surface area contributed by atoms with Crippen molar-refractivity contribution in [1.82, 2.24) is 15.2 Å². The number of para-hydroxylation sites is 1. The van der Waals surface area contributed by atoms with E-state index in [-0.39, 0.29) is 23.9 Å². The number of nitrogens with one attached hydrogen (secondary N) is 1. The number of pyridine rings is 1. The van der Waals surface area contributed by atoms with Crippen LogP contribution >= 0.6 is 0 Å². The summed E-state index contributed by atoms with van der Waals surface area (Å²) in [6, 6.07) is 11.2. The largest absolute Gasteiger partial charge is 0.350 e. The maximum atomic E-state index is 12.6. The number of hydrogen-bond acceptors (Lipinski definition) is 3. The molecule has 0 saturated carbocycles. The standard InChI is InChI=1S/C18H23N3O2/c1-5-21(12-16(22)20-18(2,3)4)17(23)15-11-10-13-8-6-7-9-14(13)19-15/h6-11H,5,12H2,1-4H3,(H,20,22). The number of amides is 2. The highest BCUT2D eigenvalue weighted by Gasteiger charge is 2.21. The van der Waals surface area contributed by atoms with Gasteiger partial charge in [0.2, 0.25) is 5.91 Å². The Kier molecular flexibility index (Phi) is 4.98. The van der Waals surface area contributed by atoms with E-state index in [2.05, 4.69) is 10.3 Å². The van der Waals surface area contributed by atoms with E-state index < -0.39 is 0 Å². The minimum Gasteiger partial charge on any atom is -0.350 e. The number of carbonyl (C=O) groups is 2. The molecule has 0 atom stereocenters. The van der Waals surface area contributed by atoms with Gasteiger partial charge in [0.05, 0.1) is 12.1 Å². The van der Waals surface area contributed by atoms with E-state index in [1.807, 2.05) is 58.0 Å². The molecule has 0 spiro atoms. The van der Waals surface area contributed by atoms with Crippen LogP contribution in [0.5, 0.6) is 0 Å². The van der Waals surface area contributed by atoms with Gasteiger partial charge in [-0.1, -0.05) is 24.3 Å². The smallest absolute Gasteiger partial charge is 0.272 e. The van der Waals surface area contributed by atoms with Crippen molar-refractivity contribution in [1.29, 1.82) is 0 Å². The Morgan fingerprint density at radius 3 is 2.48 bits per heavy atom. The molecule has 122 valence electrons. The molecule has 0 radical (unpaired) electrons. The van der Waals surface area contributed by atoms with Gasteiger partial charge in [-0.2, -0.15) is 0 Å². The summed E-state index contributed by atoms with van der Waals surface area (Å²) in [6.07, 6.45) is 0. The van der Waals surface area contributed by atoms with Crippen LogP contribution in [0.15, 0.2) is 36.4 Å². The number of benzene rings is 1. The first-order valence-corrected chi connectivity index (χ1v) is 7.76. The molecule has 0 aliphatic heterocycles.